The van der Waals surface area contributed by atoms with Crippen LogP contribution in [0.5, 0.6) is 11.5 Å². The van der Waals surface area contributed by atoms with Crippen LogP contribution in [0.3, 0.4) is 0 Å². The highest BCUT2D eigenvalue weighted by Gasteiger charge is 2.05. The van der Waals surface area contributed by atoms with E-state index in [1.165, 1.54) is 5.56 Å². The Labute approximate surface area is 158 Å². The van der Waals surface area contributed by atoms with Crippen LogP contribution >= 0.6 is 0 Å². The molecule has 6 nitrogen and oxygen atoms in total. The summed E-state index contributed by atoms with van der Waals surface area (Å²) in [6, 6.07) is 6.10. The number of hydrogen-bond donors (Lipinski definition) is 2. The molecular formula is C20H35N3O3. The maximum atomic E-state index is 5.63. The van der Waals surface area contributed by atoms with Gasteiger partial charge in [0.25, 0.3) is 0 Å². The SMILES string of the molecule is CCOc1cc(CCCNC(=NC)NCCOCC(C)C)ccc1OC. The van der Waals surface area contributed by atoms with Crippen LogP contribution in [0, 0.1) is 5.92 Å². The Morgan fingerprint density at radius 3 is 2.58 bits per heavy atom. The van der Waals surface area contributed by atoms with Crippen LogP contribution in [0.2, 0.25) is 0 Å². The lowest BCUT2D eigenvalue weighted by Gasteiger charge is -2.13. The highest BCUT2D eigenvalue weighted by molar-refractivity contribution is 5.79. The number of guanidine groups is 1. The third-order valence-corrected chi connectivity index (χ3v) is 3.68. The van der Waals surface area contributed by atoms with Crippen LogP contribution in [-0.2, 0) is 11.2 Å². The van der Waals surface area contributed by atoms with Crippen LogP contribution in [0.1, 0.15) is 32.8 Å². The Balaban J connectivity index is 2.28. The quantitative estimate of drug-likeness (QED) is 0.339. The fourth-order valence-electron chi connectivity index (χ4n) is 2.43. The molecule has 0 saturated heterocycles. The van der Waals surface area contributed by atoms with Crippen molar-refractivity contribution < 1.29 is 14.2 Å². The zero-order chi connectivity index (χ0) is 19.2. The Morgan fingerprint density at radius 1 is 1.15 bits per heavy atom. The lowest BCUT2D eigenvalue weighted by atomic mass is 10.1. The van der Waals surface area contributed by atoms with Gasteiger partial charge in [-0.05, 0) is 43.4 Å². The molecule has 0 heterocycles. The first-order chi connectivity index (χ1) is 12.6. The average Bonchev–Trinajstić information content (AvgIpc) is 2.63. The Bertz CT molecular complexity index is 533. The molecule has 26 heavy (non-hydrogen) atoms. The molecule has 1 rings (SSSR count). The zero-order valence-electron chi connectivity index (χ0n) is 16.9. The molecule has 0 amide bonds. The van der Waals surface area contributed by atoms with Gasteiger partial charge in [0.1, 0.15) is 0 Å². The van der Waals surface area contributed by atoms with E-state index in [0.29, 0.717) is 19.1 Å². The van der Waals surface area contributed by atoms with Crippen molar-refractivity contribution in [2.75, 3.05) is 47.1 Å². The van der Waals surface area contributed by atoms with Crippen molar-refractivity contribution in [2.45, 2.75) is 33.6 Å². The van der Waals surface area contributed by atoms with Gasteiger partial charge in [-0.25, -0.2) is 0 Å². The van der Waals surface area contributed by atoms with E-state index < -0.39 is 0 Å². The number of nitrogens with one attached hydrogen (secondary N) is 2. The zero-order valence-corrected chi connectivity index (χ0v) is 16.9. The summed E-state index contributed by atoms with van der Waals surface area (Å²) in [5.74, 6) is 2.95. The average molecular weight is 366 g/mol. The number of benzene rings is 1. The van der Waals surface area contributed by atoms with Gasteiger partial charge in [0.2, 0.25) is 0 Å². The van der Waals surface area contributed by atoms with Crippen molar-refractivity contribution in [3.63, 3.8) is 0 Å². The van der Waals surface area contributed by atoms with E-state index in [4.69, 9.17) is 14.2 Å². The standard InChI is InChI=1S/C20H35N3O3/c1-6-26-19-14-17(9-10-18(19)24-5)8-7-11-22-20(21-4)23-12-13-25-15-16(2)3/h9-10,14,16H,6-8,11-13,15H2,1-5H3,(H2,21,22,23). The second-order valence-corrected chi connectivity index (χ2v) is 6.42. The first kappa shape index (κ1) is 22.1. The molecule has 0 radical (unpaired) electrons. The molecule has 0 unspecified atom stereocenters. The lowest BCUT2D eigenvalue weighted by molar-refractivity contribution is 0.114. The summed E-state index contributed by atoms with van der Waals surface area (Å²) in [6.45, 7) is 9.98. The van der Waals surface area contributed by atoms with Gasteiger partial charge in [-0.15, -0.1) is 0 Å². The summed E-state index contributed by atoms with van der Waals surface area (Å²) in [5, 5.41) is 6.59. The molecule has 0 saturated carbocycles. The summed E-state index contributed by atoms with van der Waals surface area (Å²) in [7, 11) is 3.44. The number of rotatable bonds is 12. The maximum absolute atomic E-state index is 5.63. The topological polar surface area (TPSA) is 64.1 Å². The van der Waals surface area contributed by atoms with Crippen molar-refractivity contribution in [2.24, 2.45) is 10.9 Å². The molecule has 1 aromatic carbocycles. The van der Waals surface area contributed by atoms with Gasteiger partial charge in [-0.1, -0.05) is 19.9 Å². The van der Waals surface area contributed by atoms with Crippen molar-refractivity contribution in [1.82, 2.24) is 10.6 Å². The predicted molar refractivity (Wildman–Crippen MR) is 108 cm³/mol. The molecule has 148 valence electrons. The molecule has 6 heteroatoms. The third kappa shape index (κ3) is 8.94. The van der Waals surface area contributed by atoms with Crippen LogP contribution in [0.25, 0.3) is 0 Å². The van der Waals surface area contributed by atoms with Crippen molar-refractivity contribution in [1.29, 1.82) is 0 Å². The van der Waals surface area contributed by atoms with E-state index in [1.807, 2.05) is 13.0 Å². The second kappa shape index (κ2) is 13.3. The van der Waals surface area contributed by atoms with E-state index in [0.717, 1.165) is 50.0 Å². The largest absolute Gasteiger partial charge is 0.493 e. The van der Waals surface area contributed by atoms with Gasteiger partial charge in [-0.2, -0.15) is 0 Å². The first-order valence-electron chi connectivity index (χ1n) is 9.42. The van der Waals surface area contributed by atoms with Gasteiger partial charge in [0.15, 0.2) is 17.5 Å². The molecular weight excluding hydrogens is 330 g/mol. The third-order valence-electron chi connectivity index (χ3n) is 3.68. The normalized spacial score (nSPS) is 11.5. The molecule has 0 bridgehead atoms. The highest BCUT2D eigenvalue weighted by Crippen LogP contribution is 2.28. The summed E-state index contributed by atoms with van der Waals surface area (Å²) < 4.78 is 16.5. The summed E-state index contributed by atoms with van der Waals surface area (Å²) in [6.07, 6.45) is 1.97. The molecule has 1 aromatic rings. The van der Waals surface area contributed by atoms with Gasteiger partial charge < -0.3 is 24.8 Å². The van der Waals surface area contributed by atoms with Crippen LogP contribution in [0.15, 0.2) is 23.2 Å². The van der Waals surface area contributed by atoms with Crippen LogP contribution < -0.4 is 20.1 Å². The molecule has 0 aliphatic carbocycles. The summed E-state index contributed by atoms with van der Waals surface area (Å²) >= 11 is 0. The Morgan fingerprint density at radius 2 is 1.92 bits per heavy atom. The molecule has 0 aromatic heterocycles. The maximum Gasteiger partial charge on any atom is 0.191 e. The molecule has 0 spiro atoms. The van der Waals surface area contributed by atoms with Crippen molar-refractivity contribution in [3.8, 4) is 11.5 Å². The number of ether oxygens (including phenoxy) is 3. The minimum atomic E-state index is 0.564. The van der Waals surface area contributed by atoms with Gasteiger partial charge in [-0.3, -0.25) is 4.99 Å². The number of hydrogen-bond acceptors (Lipinski definition) is 4. The summed E-state index contributed by atoms with van der Waals surface area (Å²) in [5.41, 5.74) is 1.24. The van der Waals surface area contributed by atoms with E-state index >= 15 is 0 Å². The highest BCUT2D eigenvalue weighted by atomic mass is 16.5. The predicted octanol–water partition coefficient (Wildman–Crippen LogP) is 2.86. The molecule has 0 atom stereocenters. The number of methoxy groups -OCH3 is 1. The number of aryl methyl sites for hydroxylation is 1. The van der Waals surface area contributed by atoms with E-state index in [2.05, 4.69) is 41.6 Å². The van der Waals surface area contributed by atoms with E-state index in [9.17, 15) is 0 Å². The van der Waals surface area contributed by atoms with Crippen molar-refractivity contribution in [3.05, 3.63) is 23.8 Å². The van der Waals surface area contributed by atoms with Crippen LogP contribution in [0.4, 0.5) is 0 Å². The monoisotopic (exact) mass is 365 g/mol. The Kier molecular flexibility index (Phi) is 11.3. The van der Waals surface area contributed by atoms with E-state index in [1.54, 1.807) is 14.2 Å². The van der Waals surface area contributed by atoms with Gasteiger partial charge in [0.05, 0.1) is 20.3 Å². The number of nitrogens with zero attached hydrogens (tertiary/aromatic N) is 1. The molecule has 0 aliphatic heterocycles. The second-order valence-electron chi connectivity index (χ2n) is 6.42. The number of aliphatic imine (C=N–C) groups is 1. The minimum Gasteiger partial charge on any atom is -0.493 e. The fraction of sp³-hybridized carbons (Fsp3) is 0.650. The van der Waals surface area contributed by atoms with E-state index in [-0.39, 0.29) is 0 Å². The van der Waals surface area contributed by atoms with Crippen molar-refractivity contribution >= 4 is 5.96 Å². The Hall–Kier alpha value is -1.95. The smallest absolute Gasteiger partial charge is 0.191 e. The van der Waals surface area contributed by atoms with Gasteiger partial charge in [0, 0.05) is 26.7 Å². The first-order valence-corrected chi connectivity index (χ1v) is 9.42. The molecule has 0 fully saturated rings. The minimum absolute atomic E-state index is 0.564. The fourth-order valence-corrected chi connectivity index (χ4v) is 2.43. The van der Waals surface area contributed by atoms with Gasteiger partial charge >= 0.3 is 0 Å². The summed E-state index contributed by atoms with van der Waals surface area (Å²) in [4.78, 5) is 4.23. The molecule has 2 N–H and O–H groups in total. The molecule has 0 aliphatic rings. The van der Waals surface area contributed by atoms with Crippen LogP contribution in [-0.4, -0.2) is 53.0 Å². The lowest BCUT2D eigenvalue weighted by Crippen LogP contribution is -2.39.